The van der Waals surface area contributed by atoms with E-state index in [1.165, 1.54) is 18.3 Å². The largest absolute Gasteiger partial charge is 0.481 e. The molecule has 0 aliphatic rings. The Labute approximate surface area is 117 Å². The van der Waals surface area contributed by atoms with Crippen LogP contribution in [0.25, 0.3) is 0 Å². The van der Waals surface area contributed by atoms with Crippen molar-refractivity contribution >= 4 is 17.6 Å². The maximum atomic E-state index is 11.8. The van der Waals surface area contributed by atoms with Crippen LogP contribution in [0.5, 0.6) is 0 Å². The summed E-state index contributed by atoms with van der Waals surface area (Å²) in [6.07, 6.45) is -3.61. The van der Waals surface area contributed by atoms with Crippen LogP contribution in [0.2, 0.25) is 0 Å². The summed E-state index contributed by atoms with van der Waals surface area (Å²) in [5, 5.41) is 11.0. The van der Waals surface area contributed by atoms with Crippen molar-refractivity contribution in [2.24, 2.45) is 0 Å². The molecule has 9 heteroatoms. The first-order valence-electron chi connectivity index (χ1n) is 5.87. The fourth-order valence-corrected chi connectivity index (χ4v) is 1.33. The van der Waals surface area contributed by atoms with Crippen LogP contribution in [0, 0.1) is 0 Å². The number of nitrogens with one attached hydrogen (secondary N) is 1. The number of carboxylic acid groups (broad SMARTS) is 1. The molecule has 0 fully saturated rings. The molecule has 0 unspecified atom stereocenters. The number of halogens is 3. The van der Waals surface area contributed by atoms with E-state index in [2.05, 4.69) is 15.0 Å². The number of hydrogen-bond acceptors (Lipinski definition) is 4. The number of carbonyl (C=O) groups excluding carboxylic acids is 1. The number of aliphatic carboxylic acids is 1. The monoisotopic (exact) mass is 306 g/mol. The second-order valence-electron chi connectivity index (χ2n) is 4.07. The van der Waals surface area contributed by atoms with E-state index >= 15 is 0 Å². The van der Waals surface area contributed by atoms with Crippen LogP contribution >= 0.6 is 0 Å². The third-order valence-corrected chi connectivity index (χ3v) is 2.18. The molecule has 1 amide bonds. The van der Waals surface area contributed by atoms with E-state index in [1.54, 1.807) is 0 Å². The van der Waals surface area contributed by atoms with Crippen LogP contribution in [-0.4, -0.2) is 41.4 Å². The lowest BCUT2D eigenvalue weighted by atomic mass is 10.2. The van der Waals surface area contributed by atoms with Gasteiger partial charge in [0.05, 0.1) is 37.0 Å². The number of anilines is 1. The number of ether oxygens (including phenoxy) is 1. The van der Waals surface area contributed by atoms with Gasteiger partial charge in [-0.2, -0.15) is 13.2 Å². The molecular weight excluding hydrogens is 293 g/mol. The van der Waals surface area contributed by atoms with Gasteiger partial charge in [0.15, 0.2) is 0 Å². The van der Waals surface area contributed by atoms with Gasteiger partial charge in [0.25, 0.3) is 0 Å². The number of nitrogens with zero attached hydrogens (tertiary/aromatic N) is 1. The Morgan fingerprint density at radius 1 is 1.33 bits per heavy atom. The zero-order valence-electron chi connectivity index (χ0n) is 10.8. The van der Waals surface area contributed by atoms with E-state index in [4.69, 9.17) is 5.11 Å². The second-order valence-corrected chi connectivity index (χ2v) is 4.07. The third kappa shape index (κ3) is 7.88. The van der Waals surface area contributed by atoms with E-state index in [-0.39, 0.29) is 19.4 Å². The number of aromatic nitrogens is 1. The first-order valence-corrected chi connectivity index (χ1v) is 5.87. The van der Waals surface area contributed by atoms with Crippen LogP contribution in [0.4, 0.5) is 18.9 Å². The highest BCUT2D eigenvalue weighted by molar-refractivity contribution is 5.90. The molecule has 0 aromatic carbocycles. The molecule has 0 spiro atoms. The molecule has 0 saturated heterocycles. The summed E-state index contributed by atoms with van der Waals surface area (Å²) in [5.74, 6) is -1.55. The van der Waals surface area contributed by atoms with Crippen LogP contribution < -0.4 is 5.32 Å². The van der Waals surface area contributed by atoms with Crippen molar-refractivity contribution < 1.29 is 32.6 Å². The first kappa shape index (κ1) is 16.9. The molecule has 0 bridgehead atoms. The van der Waals surface area contributed by atoms with Crippen LogP contribution in [0.1, 0.15) is 12.1 Å². The molecule has 0 aliphatic carbocycles. The number of carboxylic acids is 1. The highest BCUT2D eigenvalue weighted by atomic mass is 19.4. The fourth-order valence-electron chi connectivity index (χ4n) is 1.33. The highest BCUT2D eigenvalue weighted by Crippen LogP contribution is 2.14. The number of carbonyl (C=O) groups is 2. The van der Waals surface area contributed by atoms with E-state index in [1.807, 2.05) is 0 Å². The number of hydrogen-bond donors (Lipinski definition) is 2. The Hall–Kier alpha value is -2.16. The number of rotatable bonds is 7. The predicted octanol–water partition coefficient (Wildman–Crippen LogP) is 1.62. The minimum atomic E-state index is -4.42. The lowest BCUT2D eigenvalue weighted by molar-refractivity contribution is -0.174. The molecule has 116 valence electrons. The lowest BCUT2D eigenvalue weighted by Gasteiger charge is -2.08. The molecule has 0 radical (unpaired) electrons. The Morgan fingerprint density at radius 2 is 2.05 bits per heavy atom. The van der Waals surface area contributed by atoms with E-state index in [9.17, 15) is 22.8 Å². The summed E-state index contributed by atoms with van der Waals surface area (Å²) in [7, 11) is 0. The van der Waals surface area contributed by atoms with Gasteiger partial charge in [-0.3, -0.25) is 14.6 Å². The molecule has 1 heterocycles. The average Bonchev–Trinajstić information content (AvgIpc) is 2.35. The second kappa shape index (κ2) is 7.58. The molecule has 1 rings (SSSR count). The summed E-state index contributed by atoms with van der Waals surface area (Å²) in [6.45, 7) is -1.75. The van der Waals surface area contributed by atoms with E-state index in [0.29, 0.717) is 11.4 Å². The molecule has 2 N–H and O–H groups in total. The van der Waals surface area contributed by atoms with Crippen molar-refractivity contribution in [3.8, 4) is 0 Å². The number of alkyl halides is 3. The molecule has 0 saturated carbocycles. The SMILES string of the molecule is O=C(O)Cc1ccc(NC(=O)CCOCC(F)(F)F)cn1. The van der Waals surface area contributed by atoms with Crippen LogP contribution in [0.3, 0.4) is 0 Å². The van der Waals surface area contributed by atoms with Gasteiger partial charge in [-0.25, -0.2) is 0 Å². The quantitative estimate of drug-likeness (QED) is 0.747. The molecule has 21 heavy (non-hydrogen) atoms. The molecule has 6 nitrogen and oxygen atoms in total. The summed E-state index contributed by atoms with van der Waals surface area (Å²) in [5.41, 5.74) is 0.652. The van der Waals surface area contributed by atoms with Gasteiger partial charge >= 0.3 is 12.1 Å². The summed E-state index contributed by atoms with van der Waals surface area (Å²) >= 11 is 0. The van der Waals surface area contributed by atoms with Crippen LogP contribution in [-0.2, 0) is 20.7 Å². The third-order valence-electron chi connectivity index (χ3n) is 2.18. The van der Waals surface area contributed by atoms with Crippen LogP contribution in [0.15, 0.2) is 18.3 Å². The summed E-state index contributed by atoms with van der Waals surface area (Å²) in [4.78, 5) is 25.7. The molecule has 1 aromatic heterocycles. The van der Waals surface area contributed by atoms with Gasteiger partial charge in [-0.1, -0.05) is 0 Å². The molecular formula is C12H13F3N2O4. The lowest BCUT2D eigenvalue weighted by Crippen LogP contribution is -2.20. The standard InChI is InChI=1S/C12H13F3N2O4/c13-12(14,15)7-21-4-3-10(18)17-9-2-1-8(16-6-9)5-11(19)20/h1-2,6H,3-5,7H2,(H,17,18)(H,19,20). The maximum absolute atomic E-state index is 11.8. The van der Waals surface area contributed by atoms with Crippen molar-refractivity contribution in [1.82, 2.24) is 4.98 Å². The zero-order chi connectivity index (χ0) is 15.9. The van der Waals surface area contributed by atoms with Crippen molar-refractivity contribution in [2.45, 2.75) is 19.0 Å². The van der Waals surface area contributed by atoms with E-state index in [0.717, 1.165) is 0 Å². The molecule has 1 aromatic rings. The Kier molecular flexibility index (Phi) is 6.10. The van der Waals surface area contributed by atoms with Gasteiger partial charge < -0.3 is 15.2 Å². The van der Waals surface area contributed by atoms with Gasteiger partial charge in [0.2, 0.25) is 5.91 Å². The Balaban J connectivity index is 2.32. The maximum Gasteiger partial charge on any atom is 0.411 e. The Morgan fingerprint density at radius 3 is 2.57 bits per heavy atom. The number of amides is 1. The van der Waals surface area contributed by atoms with Crippen molar-refractivity contribution in [3.63, 3.8) is 0 Å². The topological polar surface area (TPSA) is 88.5 Å². The molecule has 0 aliphatic heterocycles. The highest BCUT2D eigenvalue weighted by Gasteiger charge is 2.27. The van der Waals surface area contributed by atoms with Gasteiger partial charge in [-0.05, 0) is 12.1 Å². The van der Waals surface area contributed by atoms with Gasteiger partial charge in [0, 0.05) is 0 Å². The van der Waals surface area contributed by atoms with E-state index < -0.39 is 24.7 Å². The minimum absolute atomic E-state index is 0.229. The van der Waals surface area contributed by atoms with Gasteiger partial charge in [0.1, 0.15) is 6.61 Å². The first-order chi connectivity index (χ1) is 9.76. The normalized spacial score (nSPS) is 11.2. The van der Waals surface area contributed by atoms with Crippen molar-refractivity contribution in [1.29, 1.82) is 0 Å². The number of pyridine rings is 1. The average molecular weight is 306 g/mol. The Bertz CT molecular complexity index is 488. The predicted molar refractivity (Wildman–Crippen MR) is 65.7 cm³/mol. The molecule has 0 atom stereocenters. The fraction of sp³-hybridized carbons (Fsp3) is 0.417. The van der Waals surface area contributed by atoms with Gasteiger partial charge in [-0.15, -0.1) is 0 Å². The minimum Gasteiger partial charge on any atom is -0.481 e. The van der Waals surface area contributed by atoms with Crippen molar-refractivity contribution in [3.05, 3.63) is 24.0 Å². The summed E-state index contributed by atoms with van der Waals surface area (Å²) < 4.78 is 39.6. The van der Waals surface area contributed by atoms with Crippen molar-refractivity contribution in [2.75, 3.05) is 18.5 Å². The zero-order valence-corrected chi connectivity index (χ0v) is 10.8. The summed E-state index contributed by atoms with van der Waals surface area (Å²) in [6, 6.07) is 2.89. The smallest absolute Gasteiger partial charge is 0.411 e.